The van der Waals surface area contributed by atoms with Crippen molar-refractivity contribution in [2.45, 2.75) is 33.2 Å². The van der Waals surface area contributed by atoms with E-state index in [1.54, 1.807) is 10.8 Å². The van der Waals surface area contributed by atoms with Gasteiger partial charge in [0.15, 0.2) is 11.5 Å². The normalized spacial score (nSPS) is 11.3. The molecule has 0 atom stereocenters. The summed E-state index contributed by atoms with van der Waals surface area (Å²) in [6.45, 7) is 7.70. The van der Waals surface area contributed by atoms with Gasteiger partial charge in [0.2, 0.25) is 0 Å². The Balaban J connectivity index is 1.75. The standard InChI is InChI=1S/C23H25N5O/c1-4-24-17-11-9-16(10-12-17)14-28-22-20(26-23(28)29)13-25-21(27-22)19-8-6-5-7-18(19)15(2)3/h5-13,15,24H,4,14H2,1-3H3,(H,26,29). The number of aromatic nitrogens is 4. The van der Waals surface area contributed by atoms with E-state index in [0.29, 0.717) is 29.5 Å². The Labute approximate surface area is 169 Å². The molecule has 0 saturated carbocycles. The van der Waals surface area contributed by atoms with E-state index < -0.39 is 0 Å². The fourth-order valence-corrected chi connectivity index (χ4v) is 3.54. The molecule has 2 aromatic carbocycles. The second-order valence-electron chi connectivity index (χ2n) is 7.42. The van der Waals surface area contributed by atoms with Crippen LogP contribution in [0.15, 0.2) is 59.5 Å². The zero-order valence-electron chi connectivity index (χ0n) is 16.9. The van der Waals surface area contributed by atoms with Gasteiger partial charge in [0.1, 0.15) is 5.52 Å². The number of nitrogens with one attached hydrogen (secondary N) is 2. The molecule has 0 bridgehead atoms. The third-order valence-corrected chi connectivity index (χ3v) is 5.01. The van der Waals surface area contributed by atoms with Crippen LogP contribution >= 0.6 is 0 Å². The van der Waals surface area contributed by atoms with Crippen molar-refractivity contribution in [3.05, 3.63) is 76.3 Å². The van der Waals surface area contributed by atoms with Gasteiger partial charge in [-0.1, -0.05) is 50.2 Å². The molecule has 0 aliphatic carbocycles. The first-order valence-corrected chi connectivity index (χ1v) is 9.94. The van der Waals surface area contributed by atoms with E-state index in [9.17, 15) is 4.79 Å². The maximum atomic E-state index is 12.6. The number of hydrogen-bond donors (Lipinski definition) is 2. The van der Waals surface area contributed by atoms with E-state index in [1.807, 2.05) is 42.5 Å². The van der Waals surface area contributed by atoms with Crippen molar-refractivity contribution in [3.63, 3.8) is 0 Å². The summed E-state index contributed by atoms with van der Waals surface area (Å²) >= 11 is 0. The molecule has 0 aliphatic rings. The molecule has 0 amide bonds. The molecule has 4 rings (SSSR count). The number of nitrogens with zero attached hydrogens (tertiary/aromatic N) is 3. The Bertz CT molecular complexity index is 1190. The van der Waals surface area contributed by atoms with Crippen molar-refractivity contribution >= 4 is 16.9 Å². The Morgan fingerprint density at radius 3 is 2.59 bits per heavy atom. The van der Waals surface area contributed by atoms with Crippen LogP contribution in [-0.4, -0.2) is 26.1 Å². The number of imidazole rings is 1. The van der Waals surface area contributed by atoms with Crippen LogP contribution in [0.5, 0.6) is 0 Å². The number of benzene rings is 2. The zero-order chi connectivity index (χ0) is 20.4. The van der Waals surface area contributed by atoms with E-state index in [2.05, 4.69) is 42.1 Å². The van der Waals surface area contributed by atoms with Crippen LogP contribution in [0.25, 0.3) is 22.6 Å². The van der Waals surface area contributed by atoms with Gasteiger partial charge in [0.05, 0.1) is 12.7 Å². The van der Waals surface area contributed by atoms with Crippen molar-refractivity contribution < 1.29 is 0 Å². The summed E-state index contributed by atoms with van der Waals surface area (Å²) in [6.07, 6.45) is 1.70. The lowest BCUT2D eigenvalue weighted by molar-refractivity contribution is 0.777. The second kappa shape index (κ2) is 7.91. The Morgan fingerprint density at radius 1 is 1.10 bits per heavy atom. The van der Waals surface area contributed by atoms with Crippen molar-refractivity contribution in [2.75, 3.05) is 11.9 Å². The first-order chi connectivity index (χ1) is 14.1. The molecule has 0 radical (unpaired) electrons. The third kappa shape index (κ3) is 3.78. The first-order valence-electron chi connectivity index (χ1n) is 9.94. The highest BCUT2D eigenvalue weighted by atomic mass is 16.1. The largest absolute Gasteiger partial charge is 0.385 e. The predicted molar refractivity (Wildman–Crippen MR) is 117 cm³/mol. The van der Waals surface area contributed by atoms with Crippen molar-refractivity contribution in [2.24, 2.45) is 0 Å². The summed E-state index contributed by atoms with van der Waals surface area (Å²) in [6, 6.07) is 16.3. The lowest BCUT2D eigenvalue weighted by Gasteiger charge is -2.11. The molecule has 0 saturated heterocycles. The summed E-state index contributed by atoms with van der Waals surface area (Å²) < 4.78 is 1.67. The fraction of sp³-hybridized carbons (Fsp3) is 0.261. The minimum atomic E-state index is -0.181. The highest BCUT2D eigenvalue weighted by Gasteiger charge is 2.14. The number of hydrogen-bond acceptors (Lipinski definition) is 4. The van der Waals surface area contributed by atoms with Crippen LogP contribution in [0.3, 0.4) is 0 Å². The maximum absolute atomic E-state index is 12.6. The molecule has 0 unspecified atom stereocenters. The molecular weight excluding hydrogens is 362 g/mol. The molecule has 0 fully saturated rings. The number of anilines is 1. The summed E-state index contributed by atoms with van der Waals surface area (Å²) in [7, 11) is 0. The minimum Gasteiger partial charge on any atom is -0.385 e. The number of rotatable bonds is 6. The highest BCUT2D eigenvalue weighted by molar-refractivity contribution is 5.73. The van der Waals surface area contributed by atoms with E-state index in [1.165, 1.54) is 5.56 Å². The second-order valence-corrected chi connectivity index (χ2v) is 7.42. The van der Waals surface area contributed by atoms with E-state index in [4.69, 9.17) is 4.98 Å². The van der Waals surface area contributed by atoms with Gasteiger partial charge in [-0.15, -0.1) is 0 Å². The minimum absolute atomic E-state index is 0.181. The molecule has 4 aromatic rings. The number of H-pyrrole nitrogens is 1. The molecule has 6 heteroatoms. The molecular formula is C23H25N5O. The summed E-state index contributed by atoms with van der Waals surface area (Å²) in [5.74, 6) is 0.992. The van der Waals surface area contributed by atoms with Crippen LogP contribution in [0.2, 0.25) is 0 Å². The molecule has 0 spiro atoms. The van der Waals surface area contributed by atoms with Crippen molar-refractivity contribution in [1.82, 2.24) is 19.5 Å². The Kier molecular flexibility index (Phi) is 5.16. The third-order valence-electron chi connectivity index (χ3n) is 5.01. The quantitative estimate of drug-likeness (QED) is 0.514. The highest BCUT2D eigenvalue weighted by Crippen LogP contribution is 2.27. The van der Waals surface area contributed by atoms with Crippen LogP contribution < -0.4 is 11.0 Å². The van der Waals surface area contributed by atoms with Gasteiger partial charge in [0, 0.05) is 17.8 Å². The molecule has 29 heavy (non-hydrogen) atoms. The molecule has 6 nitrogen and oxygen atoms in total. The van der Waals surface area contributed by atoms with Crippen LogP contribution in [0.1, 0.15) is 37.8 Å². The molecule has 148 valence electrons. The SMILES string of the molecule is CCNc1ccc(Cn2c(=O)[nH]c3cnc(-c4ccccc4C(C)C)nc32)cc1. The summed E-state index contributed by atoms with van der Waals surface area (Å²) in [5.41, 5.74) is 5.38. The van der Waals surface area contributed by atoms with Crippen molar-refractivity contribution in [3.8, 4) is 11.4 Å². The average molecular weight is 387 g/mol. The first kappa shape index (κ1) is 18.9. The number of fused-ring (bicyclic) bond motifs is 1. The van der Waals surface area contributed by atoms with Gasteiger partial charge in [-0.25, -0.2) is 14.8 Å². The van der Waals surface area contributed by atoms with Crippen LogP contribution in [0.4, 0.5) is 5.69 Å². The van der Waals surface area contributed by atoms with Gasteiger partial charge in [-0.05, 0) is 36.1 Å². The molecule has 2 heterocycles. The molecule has 2 aromatic heterocycles. The van der Waals surface area contributed by atoms with Gasteiger partial charge in [-0.3, -0.25) is 4.57 Å². The maximum Gasteiger partial charge on any atom is 0.328 e. The molecule has 0 aliphatic heterocycles. The fourth-order valence-electron chi connectivity index (χ4n) is 3.54. The van der Waals surface area contributed by atoms with Crippen molar-refractivity contribution in [1.29, 1.82) is 0 Å². The Morgan fingerprint density at radius 2 is 1.86 bits per heavy atom. The zero-order valence-corrected chi connectivity index (χ0v) is 16.9. The smallest absolute Gasteiger partial charge is 0.328 e. The monoisotopic (exact) mass is 387 g/mol. The summed E-state index contributed by atoms with van der Waals surface area (Å²) in [5, 5.41) is 3.28. The Hall–Kier alpha value is -3.41. The lowest BCUT2D eigenvalue weighted by Crippen LogP contribution is -2.17. The van der Waals surface area contributed by atoms with Gasteiger partial charge in [-0.2, -0.15) is 0 Å². The van der Waals surface area contributed by atoms with E-state index in [-0.39, 0.29) is 5.69 Å². The van der Waals surface area contributed by atoms with Gasteiger partial charge >= 0.3 is 5.69 Å². The number of aromatic amines is 1. The van der Waals surface area contributed by atoms with Crippen LogP contribution in [0, 0.1) is 0 Å². The van der Waals surface area contributed by atoms with Gasteiger partial charge in [0.25, 0.3) is 0 Å². The van der Waals surface area contributed by atoms with Gasteiger partial charge < -0.3 is 10.3 Å². The van der Waals surface area contributed by atoms with Crippen LogP contribution in [-0.2, 0) is 6.54 Å². The topological polar surface area (TPSA) is 75.6 Å². The van der Waals surface area contributed by atoms with E-state index in [0.717, 1.165) is 23.4 Å². The predicted octanol–water partition coefficient (Wildman–Crippen LogP) is 4.39. The average Bonchev–Trinajstić information content (AvgIpc) is 3.04. The molecule has 2 N–H and O–H groups in total. The summed E-state index contributed by atoms with van der Waals surface area (Å²) in [4.78, 5) is 24.7. The lowest BCUT2D eigenvalue weighted by atomic mass is 9.97. The van der Waals surface area contributed by atoms with E-state index >= 15 is 0 Å².